The van der Waals surface area contributed by atoms with E-state index in [-0.39, 0.29) is 36.8 Å². The molecule has 0 atom stereocenters. The number of H-pyrrole nitrogens is 1. The minimum atomic E-state index is -0.741. The summed E-state index contributed by atoms with van der Waals surface area (Å²) in [6, 6.07) is 0.0190. The van der Waals surface area contributed by atoms with Crippen LogP contribution in [0.5, 0.6) is 0 Å². The van der Waals surface area contributed by atoms with E-state index in [0.717, 1.165) is 12.8 Å². The highest BCUT2D eigenvalue weighted by Crippen LogP contribution is 2.30. The standard InChI is InChI=1S/C17H23N3O6/c1-2-26-16(23)13-9-20(17(24)18-15(13)22)12-5-3-11(4-6-12)19-7-8-25-10-14(19)21/h9,11-12H,2-8,10H2,1H3,(H,18,22,24)/t11-,12-. The summed E-state index contributed by atoms with van der Waals surface area (Å²) in [4.78, 5) is 52.0. The van der Waals surface area contributed by atoms with Crippen LogP contribution in [0.15, 0.2) is 15.8 Å². The van der Waals surface area contributed by atoms with Crippen LogP contribution in [0.1, 0.15) is 49.0 Å². The number of morpholine rings is 1. The molecule has 1 saturated carbocycles. The van der Waals surface area contributed by atoms with Crippen molar-refractivity contribution in [3.05, 3.63) is 32.6 Å². The molecule has 0 radical (unpaired) electrons. The second kappa shape index (κ2) is 7.86. The van der Waals surface area contributed by atoms with Gasteiger partial charge in [0, 0.05) is 24.8 Å². The number of nitrogens with one attached hydrogen (secondary N) is 1. The molecule has 142 valence electrons. The molecule has 0 spiro atoms. The van der Waals surface area contributed by atoms with E-state index in [1.54, 1.807) is 6.92 Å². The van der Waals surface area contributed by atoms with Gasteiger partial charge in [0.25, 0.3) is 5.56 Å². The minimum absolute atomic E-state index is 0.00510. The quantitative estimate of drug-likeness (QED) is 0.755. The zero-order chi connectivity index (χ0) is 18.7. The predicted octanol–water partition coefficient (Wildman–Crippen LogP) is 0.0558. The van der Waals surface area contributed by atoms with Gasteiger partial charge in [0.2, 0.25) is 5.91 Å². The van der Waals surface area contributed by atoms with Crippen LogP contribution in [0.2, 0.25) is 0 Å². The van der Waals surface area contributed by atoms with E-state index in [4.69, 9.17) is 9.47 Å². The molecule has 2 fully saturated rings. The number of nitrogens with zero attached hydrogens (tertiary/aromatic N) is 2. The topological polar surface area (TPSA) is 111 Å². The highest BCUT2D eigenvalue weighted by Gasteiger charge is 2.31. The molecule has 0 aromatic carbocycles. The third-order valence-corrected chi connectivity index (χ3v) is 4.99. The predicted molar refractivity (Wildman–Crippen MR) is 91.1 cm³/mol. The first kappa shape index (κ1) is 18.4. The molecule has 1 aromatic rings. The number of aromatic nitrogens is 2. The van der Waals surface area contributed by atoms with Crippen LogP contribution in [0.25, 0.3) is 0 Å². The molecular weight excluding hydrogens is 342 g/mol. The summed E-state index contributed by atoms with van der Waals surface area (Å²) in [5.74, 6) is -0.736. The van der Waals surface area contributed by atoms with Crippen molar-refractivity contribution in [3.63, 3.8) is 0 Å². The molecule has 9 nitrogen and oxygen atoms in total. The largest absolute Gasteiger partial charge is 0.462 e. The molecule has 2 heterocycles. The molecule has 26 heavy (non-hydrogen) atoms. The van der Waals surface area contributed by atoms with Gasteiger partial charge >= 0.3 is 11.7 Å². The van der Waals surface area contributed by atoms with Crippen LogP contribution in [-0.4, -0.2) is 58.7 Å². The van der Waals surface area contributed by atoms with E-state index in [9.17, 15) is 19.2 Å². The van der Waals surface area contributed by atoms with Crippen LogP contribution in [0.4, 0.5) is 0 Å². The summed E-state index contributed by atoms with van der Waals surface area (Å²) < 4.78 is 11.4. The number of hydrogen-bond acceptors (Lipinski definition) is 6. The first-order valence-electron chi connectivity index (χ1n) is 8.91. The van der Waals surface area contributed by atoms with Crippen molar-refractivity contribution in [2.24, 2.45) is 0 Å². The van der Waals surface area contributed by atoms with Crippen LogP contribution >= 0.6 is 0 Å². The van der Waals surface area contributed by atoms with Gasteiger partial charge < -0.3 is 14.4 Å². The lowest BCUT2D eigenvalue weighted by Crippen LogP contribution is -2.49. The number of ether oxygens (including phenoxy) is 2. The van der Waals surface area contributed by atoms with Crippen molar-refractivity contribution in [1.82, 2.24) is 14.5 Å². The van der Waals surface area contributed by atoms with E-state index in [1.807, 2.05) is 4.90 Å². The van der Waals surface area contributed by atoms with Gasteiger partial charge in [0.05, 0.1) is 13.2 Å². The summed E-state index contributed by atoms with van der Waals surface area (Å²) >= 11 is 0. The van der Waals surface area contributed by atoms with Crippen molar-refractivity contribution in [3.8, 4) is 0 Å². The van der Waals surface area contributed by atoms with Gasteiger partial charge in [0.15, 0.2) is 0 Å². The van der Waals surface area contributed by atoms with Gasteiger partial charge in [-0.3, -0.25) is 19.1 Å². The Labute approximate surface area is 149 Å². The molecule has 1 aromatic heterocycles. The fourth-order valence-corrected chi connectivity index (χ4v) is 3.68. The van der Waals surface area contributed by atoms with Gasteiger partial charge in [0.1, 0.15) is 12.2 Å². The maximum Gasteiger partial charge on any atom is 0.345 e. The molecule has 1 aliphatic heterocycles. The number of aromatic amines is 1. The van der Waals surface area contributed by atoms with Crippen molar-refractivity contribution >= 4 is 11.9 Å². The molecule has 1 aliphatic carbocycles. The molecule has 1 N–H and O–H groups in total. The first-order chi connectivity index (χ1) is 12.5. The number of carbonyl (C=O) groups excluding carboxylic acids is 2. The van der Waals surface area contributed by atoms with Crippen LogP contribution in [0, 0.1) is 0 Å². The van der Waals surface area contributed by atoms with Crippen molar-refractivity contribution in [1.29, 1.82) is 0 Å². The number of carbonyl (C=O) groups is 2. The van der Waals surface area contributed by atoms with Crippen molar-refractivity contribution in [2.75, 3.05) is 26.4 Å². The highest BCUT2D eigenvalue weighted by atomic mass is 16.5. The van der Waals surface area contributed by atoms with E-state index >= 15 is 0 Å². The van der Waals surface area contributed by atoms with E-state index in [1.165, 1.54) is 10.8 Å². The lowest BCUT2D eigenvalue weighted by atomic mass is 9.89. The molecule has 0 bridgehead atoms. The molecule has 9 heteroatoms. The van der Waals surface area contributed by atoms with Crippen LogP contribution < -0.4 is 11.2 Å². The Bertz CT molecular complexity index is 790. The number of amides is 1. The monoisotopic (exact) mass is 365 g/mol. The highest BCUT2D eigenvalue weighted by molar-refractivity contribution is 5.88. The van der Waals surface area contributed by atoms with Crippen LogP contribution in [0.3, 0.4) is 0 Å². The summed E-state index contributed by atoms with van der Waals surface area (Å²) in [5.41, 5.74) is -1.44. The van der Waals surface area contributed by atoms with Crippen LogP contribution in [-0.2, 0) is 14.3 Å². The Balaban J connectivity index is 1.74. The number of esters is 1. The molecule has 0 unspecified atom stereocenters. The molecular formula is C17H23N3O6. The Morgan fingerprint density at radius 3 is 2.58 bits per heavy atom. The van der Waals surface area contributed by atoms with E-state index < -0.39 is 17.2 Å². The van der Waals surface area contributed by atoms with Gasteiger partial charge in [-0.15, -0.1) is 0 Å². The van der Waals surface area contributed by atoms with Crippen molar-refractivity contribution < 1.29 is 19.1 Å². The minimum Gasteiger partial charge on any atom is -0.462 e. The second-order valence-electron chi connectivity index (χ2n) is 6.53. The Hall–Kier alpha value is -2.42. The maximum atomic E-state index is 12.2. The lowest BCUT2D eigenvalue weighted by molar-refractivity contribution is -0.146. The number of hydrogen-bond donors (Lipinski definition) is 1. The maximum absolute atomic E-state index is 12.2. The summed E-state index contributed by atoms with van der Waals surface area (Å²) in [6.45, 7) is 3.07. The van der Waals surface area contributed by atoms with Crippen molar-refractivity contribution in [2.45, 2.75) is 44.7 Å². The third-order valence-electron chi connectivity index (χ3n) is 4.99. The average Bonchev–Trinajstić information content (AvgIpc) is 2.63. The summed E-state index contributed by atoms with van der Waals surface area (Å²) in [6.07, 6.45) is 4.19. The molecule has 2 aliphatic rings. The Morgan fingerprint density at radius 2 is 1.92 bits per heavy atom. The zero-order valence-electron chi connectivity index (χ0n) is 14.7. The molecule has 3 rings (SSSR count). The normalized spacial score (nSPS) is 23.7. The number of rotatable bonds is 4. The summed E-state index contributed by atoms with van der Waals surface area (Å²) in [7, 11) is 0. The fraction of sp³-hybridized carbons (Fsp3) is 0.647. The lowest BCUT2D eigenvalue weighted by Gasteiger charge is -2.39. The smallest absolute Gasteiger partial charge is 0.345 e. The van der Waals surface area contributed by atoms with Gasteiger partial charge in [-0.05, 0) is 32.6 Å². The molecule has 1 saturated heterocycles. The summed E-state index contributed by atoms with van der Waals surface area (Å²) in [5, 5.41) is 0. The van der Waals surface area contributed by atoms with Gasteiger partial charge in [-0.1, -0.05) is 0 Å². The van der Waals surface area contributed by atoms with Gasteiger partial charge in [-0.25, -0.2) is 9.59 Å². The third kappa shape index (κ3) is 3.72. The SMILES string of the molecule is CCOC(=O)c1cn([C@H]2CC[C@H](N3CCOCC3=O)CC2)c(=O)[nH]c1=O. The van der Waals surface area contributed by atoms with Gasteiger partial charge in [-0.2, -0.15) is 0 Å². The fourth-order valence-electron chi connectivity index (χ4n) is 3.68. The second-order valence-corrected chi connectivity index (χ2v) is 6.53. The van der Waals surface area contributed by atoms with E-state index in [0.29, 0.717) is 26.0 Å². The first-order valence-corrected chi connectivity index (χ1v) is 8.91. The zero-order valence-corrected chi connectivity index (χ0v) is 14.7. The molecule has 1 amide bonds. The Morgan fingerprint density at radius 1 is 1.23 bits per heavy atom. The van der Waals surface area contributed by atoms with E-state index in [2.05, 4.69) is 4.98 Å². The average molecular weight is 365 g/mol. The Kier molecular flexibility index (Phi) is 5.55.